The molecule has 4 nitrogen and oxygen atoms in total. The van der Waals surface area contributed by atoms with Gasteiger partial charge < -0.3 is 9.47 Å². The first kappa shape index (κ1) is 8.26. The van der Waals surface area contributed by atoms with Gasteiger partial charge in [0.1, 0.15) is 11.7 Å². The third-order valence-electron chi connectivity index (χ3n) is 3.75. The monoisotopic (exact) mass is 196 g/mol. The number of carbonyl (C=O) groups excluding carboxylic acids is 2. The van der Waals surface area contributed by atoms with Gasteiger partial charge in [0.2, 0.25) is 0 Å². The molecule has 4 heteroatoms. The second kappa shape index (κ2) is 2.49. The third-order valence-corrected chi connectivity index (χ3v) is 3.75. The van der Waals surface area contributed by atoms with Crippen molar-refractivity contribution in [2.45, 2.75) is 43.8 Å². The highest BCUT2D eigenvalue weighted by Crippen LogP contribution is 2.50. The average Bonchev–Trinajstić information content (AvgIpc) is 2.48. The van der Waals surface area contributed by atoms with Crippen LogP contribution in [0.15, 0.2) is 0 Å². The third kappa shape index (κ3) is 0.938. The molecule has 0 aromatic carbocycles. The molecule has 1 heterocycles. The standard InChI is InChI=1S/C10H12O4/c11-8-9(12)14-10-4-3-6(5-10)1-2-7(10)13-8/h6-7H,1-5H2. The molecule has 3 rings (SSSR count). The van der Waals surface area contributed by atoms with Gasteiger partial charge in [-0.3, -0.25) is 0 Å². The number of esters is 2. The van der Waals surface area contributed by atoms with Crippen LogP contribution in [0.5, 0.6) is 0 Å². The number of carbonyl (C=O) groups is 2. The molecule has 2 aliphatic carbocycles. The van der Waals surface area contributed by atoms with E-state index in [9.17, 15) is 9.59 Å². The van der Waals surface area contributed by atoms with Gasteiger partial charge in [0, 0.05) is 0 Å². The number of fused-ring (bicyclic) bond motifs is 1. The van der Waals surface area contributed by atoms with Gasteiger partial charge in [-0.2, -0.15) is 0 Å². The second-order valence-corrected chi connectivity index (χ2v) is 4.53. The molecular weight excluding hydrogens is 184 g/mol. The molecule has 1 spiro atoms. The fraction of sp³-hybridized carbons (Fsp3) is 0.800. The Labute approximate surface area is 81.6 Å². The summed E-state index contributed by atoms with van der Waals surface area (Å²) in [5, 5.41) is 0. The van der Waals surface area contributed by atoms with E-state index >= 15 is 0 Å². The van der Waals surface area contributed by atoms with Crippen LogP contribution >= 0.6 is 0 Å². The number of hydrogen-bond acceptors (Lipinski definition) is 4. The van der Waals surface area contributed by atoms with Crippen molar-refractivity contribution in [2.24, 2.45) is 5.92 Å². The second-order valence-electron chi connectivity index (χ2n) is 4.53. The molecule has 2 saturated carbocycles. The van der Waals surface area contributed by atoms with Crippen LogP contribution in [0.25, 0.3) is 0 Å². The van der Waals surface area contributed by atoms with Crippen LogP contribution in [0, 0.1) is 5.92 Å². The molecule has 0 aromatic rings. The maximum Gasteiger partial charge on any atom is 0.418 e. The van der Waals surface area contributed by atoms with E-state index in [1.54, 1.807) is 0 Å². The highest BCUT2D eigenvalue weighted by Gasteiger charge is 2.57. The van der Waals surface area contributed by atoms with E-state index in [1.807, 2.05) is 0 Å². The highest BCUT2D eigenvalue weighted by atomic mass is 16.7. The Morgan fingerprint density at radius 3 is 2.86 bits per heavy atom. The fourth-order valence-electron chi connectivity index (χ4n) is 3.06. The van der Waals surface area contributed by atoms with Gasteiger partial charge in [0.05, 0.1) is 0 Å². The predicted molar refractivity (Wildman–Crippen MR) is 45.3 cm³/mol. The van der Waals surface area contributed by atoms with Gasteiger partial charge in [-0.05, 0) is 38.0 Å². The quantitative estimate of drug-likeness (QED) is 0.424. The topological polar surface area (TPSA) is 52.6 Å². The van der Waals surface area contributed by atoms with Crippen LogP contribution in [-0.2, 0) is 19.1 Å². The van der Waals surface area contributed by atoms with E-state index in [0.717, 1.165) is 32.1 Å². The number of ether oxygens (including phenoxy) is 2. The molecule has 14 heavy (non-hydrogen) atoms. The molecule has 3 fully saturated rings. The summed E-state index contributed by atoms with van der Waals surface area (Å²) in [6.07, 6.45) is 4.62. The van der Waals surface area contributed by atoms with Crippen LogP contribution in [0.2, 0.25) is 0 Å². The zero-order chi connectivity index (χ0) is 9.76. The molecule has 0 aromatic heterocycles. The summed E-state index contributed by atoms with van der Waals surface area (Å²) in [7, 11) is 0. The van der Waals surface area contributed by atoms with E-state index < -0.39 is 17.5 Å². The van der Waals surface area contributed by atoms with Crippen LogP contribution < -0.4 is 0 Å². The largest absolute Gasteiger partial charge is 0.450 e. The lowest BCUT2D eigenvalue weighted by Gasteiger charge is -2.42. The van der Waals surface area contributed by atoms with Crippen molar-refractivity contribution in [1.29, 1.82) is 0 Å². The van der Waals surface area contributed by atoms with Gasteiger partial charge in [0.25, 0.3) is 0 Å². The molecule has 0 N–H and O–H groups in total. The Balaban J connectivity index is 1.93. The fourth-order valence-corrected chi connectivity index (χ4v) is 3.06. The zero-order valence-corrected chi connectivity index (χ0v) is 7.82. The molecule has 1 aliphatic heterocycles. The van der Waals surface area contributed by atoms with Crippen LogP contribution in [-0.4, -0.2) is 23.6 Å². The van der Waals surface area contributed by atoms with Crippen molar-refractivity contribution in [1.82, 2.24) is 0 Å². The minimum atomic E-state index is -0.814. The van der Waals surface area contributed by atoms with E-state index in [-0.39, 0.29) is 6.10 Å². The summed E-state index contributed by atoms with van der Waals surface area (Å²) >= 11 is 0. The Kier molecular flexibility index (Phi) is 1.47. The van der Waals surface area contributed by atoms with Crippen LogP contribution in [0.3, 0.4) is 0 Å². The van der Waals surface area contributed by atoms with Gasteiger partial charge in [0.15, 0.2) is 0 Å². The molecule has 1 saturated heterocycles. The van der Waals surface area contributed by atoms with Gasteiger partial charge >= 0.3 is 11.9 Å². The first-order valence-electron chi connectivity index (χ1n) is 5.14. The lowest BCUT2D eigenvalue weighted by molar-refractivity contribution is -0.217. The van der Waals surface area contributed by atoms with Crippen molar-refractivity contribution in [3.05, 3.63) is 0 Å². The smallest absolute Gasteiger partial charge is 0.418 e. The normalized spacial score (nSPS) is 45.4. The predicted octanol–water partition coefficient (Wildman–Crippen LogP) is 0.788. The number of hydrogen-bond donors (Lipinski definition) is 0. The summed E-state index contributed by atoms with van der Waals surface area (Å²) in [5.74, 6) is -0.953. The Morgan fingerprint density at radius 1 is 1.14 bits per heavy atom. The SMILES string of the molecule is O=C1OC2CCC3CCC2(C3)OC1=O. The summed E-state index contributed by atoms with van der Waals surface area (Å²) in [6.45, 7) is 0. The maximum atomic E-state index is 11.1. The molecule has 3 atom stereocenters. The molecule has 3 aliphatic rings. The van der Waals surface area contributed by atoms with Crippen molar-refractivity contribution < 1.29 is 19.1 Å². The molecule has 76 valence electrons. The lowest BCUT2D eigenvalue weighted by Crippen LogP contribution is -2.54. The van der Waals surface area contributed by atoms with Gasteiger partial charge in [-0.1, -0.05) is 0 Å². The highest BCUT2D eigenvalue weighted by molar-refractivity contribution is 6.30. The van der Waals surface area contributed by atoms with Crippen LogP contribution in [0.1, 0.15) is 32.1 Å². The van der Waals surface area contributed by atoms with Gasteiger partial charge in [-0.25, -0.2) is 9.59 Å². The van der Waals surface area contributed by atoms with E-state index in [2.05, 4.69) is 0 Å². The molecule has 0 amide bonds. The van der Waals surface area contributed by atoms with Crippen molar-refractivity contribution >= 4 is 11.9 Å². The Morgan fingerprint density at radius 2 is 2.00 bits per heavy atom. The van der Waals surface area contributed by atoms with Gasteiger partial charge in [-0.15, -0.1) is 0 Å². The first-order chi connectivity index (χ1) is 6.70. The van der Waals surface area contributed by atoms with Crippen LogP contribution in [0.4, 0.5) is 0 Å². The van der Waals surface area contributed by atoms with E-state index in [0.29, 0.717) is 5.92 Å². The first-order valence-corrected chi connectivity index (χ1v) is 5.14. The molecule has 0 radical (unpaired) electrons. The van der Waals surface area contributed by atoms with Crippen molar-refractivity contribution in [3.63, 3.8) is 0 Å². The molecule has 3 unspecified atom stereocenters. The van der Waals surface area contributed by atoms with Crippen molar-refractivity contribution in [2.75, 3.05) is 0 Å². The maximum absolute atomic E-state index is 11.1. The summed E-state index contributed by atoms with van der Waals surface area (Å²) in [6, 6.07) is 0. The van der Waals surface area contributed by atoms with E-state index in [1.165, 1.54) is 0 Å². The average molecular weight is 196 g/mol. The molecule has 2 bridgehead atoms. The lowest BCUT2D eigenvalue weighted by atomic mass is 9.82. The summed E-state index contributed by atoms with van der Waals surface area (Å²) in [5.41, 5.74) is -0.450. The Hall–Kier alpha value is -1.06. The molecular formula is C10H12O4. The Bertz CT molecular complexity index is 309. The van der Waals surface area contributed by atoms with E-state index in [4.69, 9.17) is 9.47 Å². The minimum Gasteiger partial charge on any atom is -0.450 e. The zero-order valence-electron chi connectivity index (χ0n) is 7.82. The van der Waals surface area contributed by atoms with Crippen molar-refractivity contribution in [3.8, 4) is 0 Å². The summed E-state index contributed by atoms with van der Waals surface area (Å²) in [4.78, 5) is 22.2. The summed E-state index contributed by atoms with van der Waals surface area (Å²) < 4.78 is 10.4. The number of rotatable bonds is 0. The minimum absolute atomic E-state index is 0.175.